The predicted molar refractivity (Wildman–Crippen MR) is 81.1 cm³/mol. The molecular weight excluding hydrogens is 248 g/mol. The quantitative estimate of drug-likeness (QED) is 0.908. The molecule has 0 spiro atoms. The average Bonchev–Trinajstić information content (AvgIpc) is 2.91. The van der Waals surface area contributed by atoms with Gasteiger partial charge < -0.3 is 10.3 Å². The van der Waals surface area contributed by atoms with E-state index in [0.29, 0.717) is 11.9 Å². The summed E-state index contributed by atoms with van der Waals surface area (Å²) < 4.78 is 2.32. The van der Waals surface area contributed by atoms with Gasteiger partial charge in [-0.2, -0.15) is 0 Å². The van der Waals surface area contributed by atoms with Crippen molar-refractivity contribution in [3.63, 3.8) is 0 Å². The monoisotopic (exact) mass is 270 g/mol. The van der Waals surface area contributed by atoms with Crippen molar-refractivity contribution in [2.75, 3.05) is 5.73 Å². The lowest BCUT2D eigenvalue weighted by molar-refractivity contribution is 0.211. The van der Waals surface area contributed by atoms with Crippen molar-refractivity contribution in [2.45, 2.75) is 39.2 Å². The van der Waals surface area contributed by atoms with Crippen molar-refractivity contribution < 1.29 is 0 Å². The van der Waals surface area contributed by atoms with Crippen molar-refractivity contribution in [1.29, 1.82) is 0 Å². The molecule has 4 nitrogen and oxygen atoms in total. The predicted octanol–water partition coefficient (Wildman–Crippen LogP) is 3.52. The third kappa shape index (κ3) is 2.42. The standard InChI is InChI=1S/C16H22N4/c1-11-3-4-14(7-12(11)2)20-10-18-9-15(20)13-5-6-19-16(17)8-13/h5-6,8-12,14H,3-4,7H2,1-2H3,(H2,17,19). The Bertz CT molecular complexity index is 590. The van der Waals surface area contributed by atoms with E-state index in [1.54, 1.807) is 6.20 Å². The smallest absolute Gasteiger partial charge is 0.123 e. The molecular formula is C16H22N4. The summed E-state index contributed by atoms with van der Waals surface area (Å²) in [5.74, 6) is 2.15. The van der Waals surface area contributed by atoms with E-state index in [-0.39, 0.29) is 0 Å². The number of hydrogen-bond donors (Lipinski definition) is 1. The van der Waals surface area contributed by atoms with E-state index in [9.17, 15) is 0 Å². The Labute approximate surface area is 120 Å². The number of nitrogens with zero attached hydrogens (tertiary/aromatic N) is 3. The van der Waals surface area contributed by atoms with E-state index in [2.05, 4.69) is 28.4 Å². The van der Waals surface area contributed by atoms with Crippen LogP contribution in [0.1, 0.15) is 39.2 Å². The SMILES string of the molecule is CC1CCC(n2cncc2-c2ccnc(N)c2)CC1C. The average molecular weight is 270 g/mol. The molecule has 106 valence electrons. The number of rotatable bonds is 2. The molecule has 3 unspecified atom stereocenters. The van der Waals surface area contributed by atoms with Crippen LogP contribution in [0.5, 0.6) is 0 Å². The Kier molecular flexibility index (Phi) is 3.47. The van der Waals surface area contributed by atoms with Crippen molar-refractivity contribution >= 4 is 5.82 Å². The van der Waals surface area contributed by atoms with Crippen LogP contribution in [0.4, 0.5) is 5.82 Å². The molecule has 1 aliphatic rings. The number of nitrogen functional groups attached to an aromatic ring is 1. The zero-order valence-electron chi connectivity index (χ0n) is 12.2. The fraction of sp³-hybridized carbons (Fsp3) is 0.500. The second-order valence-electron chi connectivity index (χ2n) is 6.08. The molecule has 1 aliphatic carbocycles. The molecule has 3 rings (SSSR count). The molecule has 2 aromatic rings. The Hall–Kier alpha value is -1.84. The van der Waals surface area contributed by atoms with Gasteiger partial charge >= 0.3 is 0 Å². The van der Waals surface area contributed by atoms with Gasteiger partial charge in [0.1, 0.15) is 5.82 Å². The van der Waals surface area contributed by atoms with Crippen LogP contribution < -0.4 is 5.73 Å². The van der Waals surface area contributed by atoms with Crippen LogP contribution >= 0.6 is 0 Å². The number of imidazole rings is 1. The molecule has 1 fully saturated rings. The molecule has 4 heteroatoms. The molecule has 3 atom stereocenters. The minimum absolute atomic E-state index is 0.549. The van der Waals surface area contributed by atoms with Crippen molar-refractivity contribution in [1.82, 2.24) is 14.5 Å². The van der Waals surface area contributed by atoms with Gasteiger partial charge in [-0.1, -0.05) is 13.8 Å². The topological polar surface area (TPSA) is 56.7 Å². The molecule has 0 bridgehead atoms. The Balaban J connectivity index is 1.91. The summed E-state index contributed by atoms with van der Waals surface area (Å²) >= 11 is 0. The molecule has 2 N–H and O–H groups in total. The van der Waals surface area contributed by atoms with Crippen LogP contribution in [0.2, 0.25) is 0 Å². The number of nitrogens with two attached hydrogens (primary N) is 1. The summed E-state index contributed by atoms with van der Waals surface area (Å²) in [5, 5.41) is 0. The highest BCUT2D eigenvalue weighted by atomic mass is 15.1. The Morgan fingerprint density at radius 1 is 1.25 bits per heavy atom. The first kappa shape index (κ1) is 13.2. The molecule has 0 radical (unpaired) electrons. The minimum Gasteiger partial charge on any atom is -0.384 e. The van der Waals surface area contributed by atoms with E-state index >= 15 is 0 Å². The molecule has 1 saturated carbocycles. The van der Waals surface area contributed by atoms with Crippen molar-refractivity contribution in [2.24, 2.45) is 11.8 Å². The molecule has 0 amide bonds. The first-order valence-corrected chi connectivity index (χ1v) is 7.39. The van der Waals surface area contributed by atoms with Crippen LogP contribution in [0.3, 0.4) is 0 Å². The van der Waals surface area contributed by atoms with Crippen LogP contribution in [-0.4, -0.2) is 14.5 Å². The van der Waals surface area contributed by atoms with Crippen molar-refractivity contribution in [3.8, 4) is 11.3 Å². The van der Waals surface area contributed by atoms with Gasteiger partial charge in [0.05, 0.1) is 18.2 Å². The zero-order valence-corrected chi connectivity index (χ0v) is 12.2. The molecule has 20 heavy (non-hydrogen) atoms. The van der Waals surface area contributed by atoms with E-state index in [1.165, 1.54) is 19.3 Å². The first-order valence-electron chi connectivity index (χ1n) is 7.39. The summed E-state index contributed by atoms with van der Waals surface area (Å²) in [6.45, 7) is 4.72. The molecule has 0 aliphatic heterocycles. The Morgan fingerprint density at radius 2 is 2.10 bits per heavy atom. The summed E-state index contributed by atoms with van der Waals surface area (Å²) in [4.78, 5) is 8.41. The highest BCUT2D eigenvalue weighted by Gasteiger charge is 2.26. The third-order valence-corrected chi connectivity index (χ3v) is 4.71. The maximum atomic E-state index is 5.79. The highest BCUT2D eigenvalue weighted by Crippen LogP contribution is 2.38. The summed E-state index contributed by atoms with van der Waals surface area (Å²) in [6.07, 6.45) is 9.40. The summed E-state index contributed by atoms with van der Waals surface area (Å²) in [7, 11) is 0. The van der Waals surface area contributed by atoms with Crippen molar-refractivity contribution in [3.05, 3.63) is 30.9 Å². The molecule has 0 saturated heterocycles. The van der Waals surface area contributed by atoms with Gasteiger partial charge in [0.25, 0.3) is 0 Å². The molecule has 0 aromatic carbocycles. The van der Waals surface area contributed by atoms with Gasteiger partial charge in [0.15, 0.2) is 0 Å². The van der Waals surface area contributed by atoms with E-state index < -0.39 is 0 Å². The largest absolute Gasteiger partial charge is 0.384 e. The van der Waals surface area contributed by atoms with Gasteiger partial charge in [-0.25, -0.2) is 9.97 Å². The fourth-order valence-electron chi connectivity index (χ4n) is 3.20. The van der Waals surface area contributed by atoms with Crippen LogP contribution in [0.15, 0.2) is 30.9 Å². The van der Waals surface area contributed by atoms with Gasteiger partial charge in [-0.15, -0.1) is 0 Å². The van der Waals surface area contributed by atoms with Crippen LogP contribution in [0, 0.1) is 11.8 Å². The normalized spacial score (nSPS) is 26.6. The lowest BCUT2D eigenvalue weighted by Crippen LogP contribution is -2.23. The van der Waals surface area contributed by atoms with Crippen LogP contribution in [0.25, 0.3) is 11.3 Å². The van der Waals surface area contributed by atoms with Crippen LogP contribution in [-0.2, 0) is 0 Å². The second-order valence-corrected chi connectivity index (χ2v) is 6.08. The van der Waals surface area contributed by atoms with Gasteiger partial charge in [0.2, 0.25) is 0 Å². The zero-order chi connectivity index (χ0) is 14.1. The second kappa shape index (κ2) is 5.27. The van der Waals surface area contributed by atoms with E-state index in [1.807, 2.05) is 24.7 Å². The van der Waals surface area contributed by atoms with Gasteiger partial charge in [0, 0.05) is 17.8 Å². The highest BCUT2D eigenvalue weighted by molar-refractivity contribution is 5.61. The van der Waals surface area contributed by atoms with E-state index in [0.717, 1.165) is 23.1 Å². The third-order valence-electron chi connectivity index (χ3n) is 4.71. The van der Waals surface area contributed by atoms with Gasteiger partial charge in [-0.3, -0.25) is 0 Å². The summed E-state index contributed by atoms with van der Waals surface area (Å²) in [5.41, 5.74) is 8.04. The maximum Gasteiger partial charge on any atom is 0.123 e. The maximum absolute atomic E-state index is 5.79. The number of aromatic nitrogens is 3. The fourth-order valence-corrected chi connectivity index (χ4v) is 3.20. The number of pyridine rings is 1. The molecule has 2 aromatic heterocycles. The summed E-state index contributed by atoms with van der Waals surface area (Å²) in [6, 6.07) is 4.47. The lowest BCUT2D eigenvalue weighted by Gasteiger charge is -2.33. The number of anilines is 1. The minimum atomic E-state index is 0.549. The lowest BCUT2D eigenvalue weighted by atomic mass is 9.79. The van der Waals surface area contributed by atoms with E-state index in [4.69, 9.17) is 5.73 Å². The van der Waals surface area contributed by atoms with Gasteiger partial charge in [-0.05, 0) is 43.2 Å². The number of hydrogen-bond acceptors (Lipinski definition) is 3. The first-order chi connectivity index (χ1) is 9.65. The Morgan fingerprint density at radius 3 is 2.85 bits per heavy atom. The molecule has 2 heterocycles.